The van der Waals surface area contributed by atoms with Gasteiger partial charge in [0.05, 0.1) is 6.26 Å². The summed E-state index contributed by atoms with van der Waals surface area (Å²) >= 11 is 0. The first-order chi connectivity index (χ1) is 6.39. The molecule has 1 fully saturated rings. The van der Waals surface area contributed by atoms with Crippen LogP contribution in [-0.2, 0) is 14.8 Å². The second-order valence-corrected chi connectivity index (χ2v) is 5.43. The highest BCUT2D eigenvalue weighted by Crippen LogP contribution is 2.11. The Morgan fingerprint density at radius 2 is 2.14 bits per heavy atom. The van der Waals surface area contributed by atoms with Crippen molar-refractivity contribution in [3.63, 3.8) is 0 Å². The summed E-state index contributed by atoms with van der Waals surface area (Å²) in [7, 11) is -3.04. The second-order valence-electron chi connectivity index (χ2n) is 3.45. The minimum absolute atomic E-state index is 0.157. The fourth-order valence-electron chi connectivity index (χ4n) is 1.24. The molecule has 1 saturated heterocycles. The fraction of sp³-hybridized carbons (Fsp3) is 0.857. The first-order valence-corrected chi connectivity index (χ1v) is 6.21. The summed E-state index contributed by atoms with van der Waals surface area (Å²) in [5.41, 5.74) is 4.95. The summed E-state index contributed by atoms with van der Waals surface area (Å²) in [6, 6.07) is 0.157. The highest BCUT2D eigenvalue weighted by molar-refractivity contribution is 7.88. The molecule has 1 rings (SSSR count). The van der Waals surface area contributed by atoms with Gasteiger partial charge in [-0.1, -0.05) is 0 Å². The number of sulfonamides is 1. The lowest BCUT2D eigenvalue weighted by atomic mass is 10.2. The highest BCUT2D eigenvalue weighted by Gasteiger charge is 2.32. The number of rotatable bonds is 5. The van der Waals surface area contributed by atoms with Gasteiger partial charge in [0.2, 0.25) is 15.9 Å². The van der Waals surface area contributed by atoms with E-state index in [0.717, 1.165) is 0 Å². The number of primary amides is 1. The fourth-order valence-corrected chi connectivity index (χ4v) is 2.14. The number of nitrogens with one attached hydrogen (secondary N) is 1. The van der Waals surface area contributed by atoms with E-state index in [1.54, 1.807) is 0 Å². The van der Waals surface area contributed by atoms with Crippen molar-refractivity contribution in [1.29, 1.82) is 0 Å². The highest BCUT2D eigenvalue weighted by atomic mass is 32.2. The Hall–Kier alpha value is -0.660. The van der Waals surface area contributed by atoms with Crippen LogP contribution in [0.3, 0.4) is 0 Å². The molecule has 0 saturated carbocycles. The largest absolute Gasteiger partial charge is 0.370 e. The van der Waals surface area contributed by atoms with E-state index in [0.29, 0.717) is 19.6 Å². The van der Waals surface area contributed by atoms with E-state index >= 15 is 0 Å². The number of nitrogens with two attached hydrogens (primary N) is 1. The van der Waals surface area contributed by atoms with E-state index in [4.69, 9.17) is 5.73 Å². The molecular formula is C7H15N3O3S. The van der Waals surface area contributed by atoms with Gasteiger partial charge in [-0.15, -0.1) is 0 Å². The monoisotopic (exact) mass is 221 g/mol. The van der Waals surface area contributed by atoms with Crippen LogP contribution >= 0.6 is 0 Å². The van der Waals surface area contributed by atoms with Crippen molar-refractivity contribution in [2.45, 2.75) is 12.5 Å². The summed E-state index contributed by atoms with van der Waals surface area (Å²) in [6.07, 6.45) is 1.47. The third-order valence-electron chi connectivity index (χ3n) is 2.12. The Balaban J connectivity index is 2.14. The predicted octanol–water partition coefficient (Wildman–Crippen LogP) is -1.90. The van der Waals surface area contributed by atoms with Gasteiger partial charge < -0.3 is 11.1 Å². The molecule has 0 radical (unpaired) electrons. The minimum Gasteiger partial charge on any atom is -0.370 e. The van der Waals surface area contributed by atoms with Gasteiger partial charge in [0.25, 0.3) is 0 Å². The van der Waals surface area contributed by atoms with Crippen molar-refractivity contribution >= 4 is 15.9 Å². The van der Waals surface area contributed by atoms with Gasteiger partial charge in [-0.25, -0.2) is 8.42 Å². The molecule has 0 aliphatic carbocycles. The van der Waals surface area contributed by atoms with E-state index < -0.39 is 10.0 Å². The van der Waals surface area contributed by atoms with Crippen LogP contribution in [0.25, 0.3) is 0 Å². The Morgan fingerprint density at radius 3 is 2.57 bits per heavy atom. The lowest BCUT2D eigenvalue weighted by Crippen LogP contribution is -2.59. The topological polar surface area (TPSA) is 92.5 Å². The zero-order chi connectivity index (χ0) is 10.8. The maximum absolute atomic E-state index is 11.0. The number of hydrogen-bond donors (Lipinski definition) is 2. The Labute approximate surface area is 83.5 Å². The molecule has 0 bridgehead atoms. The standard InChI is InChI=1S/C7H15N3O3S/c1-14(12,13)10-4-6(5-10)9-3-2-7(8)11/h6,9H,2-5H2,1H3,(H2,8,11). The first kappa shape index (κ1) is 11.4. The lowest BCUT2D eigenvalue weighted by Gasteiger charge is -2.37. The number of nitrogens with zero attached hydrogens (tertiary/aromatic N) is 1. The Kier molecular flexibility index (Phi) is 3.46. The number of hydrogen-bond acceptors (Lipinski definition) is 4. The maximum atomic E-state index is 11.0. The molecule has 82 valence electrons. The van der Waals surface area contributed by atoms with Crippen LogP contribution in [0.1, 0.15) is 6.42 Å². The third kappa shape index (κ3) is 3.24. The summed E-state index contributed by atoms with van der Waals surface area (Å²) in [4.78, 5) is 10.4. The summed E-state index contributed by atoms with van der Waals surface area (Å²) in [5, 5.41) is 3.05. The van der Waals surface area contributed by atoms with Crippen molar-refractivity contribution in [3.8, 4) is 0 Å². The predicted molar refractivity (Wildman–Crippen MR) is 52.0 cm³/mol. The number of carbonyl (C=O) groups excluding carboxylic acids is 1. The summed E-state index contributed by atoms with van der Waals surface area (Å²) in [6.45, 7) is 1.48. The molecule has 1 amide bonds. The smallest absolute Gasteiger partial charge is 0.218 e. The molecule has 7 heteroatoms. The van der Waals surface area contributed by atoms with Crippen LogP contribution in [0.4, 0.5) is 0 Å². The lowest BCUT2D eigenvalue weighted by molar-refractivity contribution is -0.117. The van der Waals surface area contributed by atoms with Crippen LogP contribution in [0.15, 0.2) is 0 Å². The molecule has 1 heterocycles. The van der Waals surface area contributed by atoms with Crippen LogP contribution in [0.5, 0.6) is 0 Å². The van der Waals surface area contributed by atoms with Gasteiger partial charge in [0.15, 0.2) is 0 Å². The molecule has 0 unspecified atom stereocenters. The van der Waals surface area contributed by atoms with Gasteiger partial charge >= 0.3 is 0 Å². The average molecular weight is 221 g/mol. The molecule has 0 aromatic heterocycles. The number of carbonyl (C=O) groups is 1. The van der Waals surface area contributed by atoms with E-state index in [1.807, 2.05) is 0 Å². The van der Waals surface area contributed by atoms with E-state index in [1.165, 1.54) is 10.6 Å². The molecule has 0 atom stereocenters. The first-order valence-electron chi connectivity index (χ1n) is 4.36. The van der Waals surface area contributed by atoms with Gasteiger partial charge in [-0.2, -0.15) is 4.31 Å². The van der Waals surface area contributed by atoms with Gasteiger partial charge in [0.1, 0.15) is 0 Å². The number of amides is 1. The Morgan fingerprint density at radius 1 is 1.57 bits per heavy atom. The molecule has 1 aliphatic heterocycles. The van der Waals surface area contributed by atoms with Crippen molar-refractivity contribution < 1.29 is 13.2 Å². The molecule has 0 aromatic carbocycles. The van der Waals surface area contributed by atoms with Crippen molar-refractivity contribution in [3.05, 3.63) is 0 Å². The Bertz CT molecular complexity index is 308. The van der Waals surface area contributed by atoms with Crippen molar-refractivity contribution in [2.24, 2.45) is 5.73 Å². The molecule has 14 heavy (non-hydrogen) atoms. The molecule has 3 N–H and O–H groups in total. The zero-order valence-electron chi connectivity index (χ0n) is 8.06. The van der Waals surface area contributed by atoms with E-state index in [2.05, 4.69) is 5.32 Å². The van der Waals surface area contributed by atoms with Gasteiger partial charge in [0, 0.05) is 32.1 Å². The zero-order valence-corrected chi connectivity index (χ0v) is 8.88. The molecule has 1 aliphatic rings. The molecule has 0 aromatic rings. The maximum Gasteiger partial charge on any atom is 0.218 e. The summed E-state index contributed by atoms with van der Waals surface area (Å²) < 4.78 is 23.3. The molecule has 6 nitrogen and oxygen atoms in total. The minimum atomic E-state index is -3.04. The van der Waals surface area contributed by atoms with Gasteiger partial charge in [-0.3, -0.25) is 4.79 Å². The SMILES string of the molecule is CS(=O)(=O)N1CC(NCCC(N)=O)C1. The quantitative estimate of drug-likeness (QED) is 0.567. The third-order valence-corrected chi connectivity index (χ3v) is 3.36. The molecule has 0 spiro atoms. The van der Waals surface area contributed by atoms with Crippen LogP contribution < -0.4 is 11.1 Å². The van der Waals surface area contributed by atoms with Crippen molar-refractivity contribution in [1.82, 2.24) is 9.62 Å². The van der Waals surface area contributed by atoms with Crippen molar-refractivity contribution in [2.75, 3.05) is 25.9 Å². The van der Waals surface area contributed by atoms with Gasteiger partial charge in [-0.05, 0) is 0 Å². The second kappa shape index (κ2) is 4.24. The van der Waals surface area contributed by atoms with Crippen LogP contribution in [0.2, 0.25) is 0 Å². The normalized spacial score (nSPS) is 19.2. The van der Waals surface area contributed by atoms with E-state index in [-0.39, 0.29) is 18.4 Å². The van der Waals surface area contributed by atoms with E-state index in [9.17, 15) is 13.2 Å². The average Bonchev–Trinajstić information content (AvgIpc) is 1.90. The van der Waals surface area contributed by atoms with Crippen LogP contribution in [0, 0.1) is 0 Å². The van der Waals surface area contributed by atoms with Crippen LogP contribution in [-0.4, -0.2) is 50.6 Å². The summed E-state index contributed by atoms with van der Waals surface area (Å²) in [5.74, 6) is -0.350. The molecular weight excluding hydrogens is 206 g/mol.